The van der Waals surface area contributed by atoms with Crippen molar-refractivity contribution in [2.75, 3.05) is 40.8 Å². The quantitative estimate of drug-likeness (QED) is 0.146. The van der Waals surface area contributed by atoms with Crippen molar-refractivity contribution in [2.45, 2.75) is 0 Å². The lowest BCUT2D eigenvalue weighted by Crippen LogP contribution is -2.24. The van der Waals surface area contributed by atoms with Gasteiger partial charge in [-0.05, 0) is 72.9 Å². The predicted molar refractivity (Wildman–Crippen MR) is 161 cm³/mol. The van der Waals surface area contributed by atoms with Gasteiger partial charge in [0.25, 0.3) is 0 Å². The summed E-state index contributed by atoms with van der Waals surface area (Å²) in [4.78, 5) is 30.3. The molecule has 12 nitrogen and oxygen atoms in total. The molecule has 5 N–H and O–H groups in total. The molecule has 0 radical (unpaired) electrons. The number of benzene rings is 3. The standard InChI is InChI=1S/C26H23N9O3S2/c1-37-17-11-7-15(8-12-17)27-24(36)33-21-30-22(34-25(39)28-16-9-13-18(38-2)14-10-16)32-23(31-21)35-26-29-19-5-3-4-6-20(19)40-26/h3-14H,1-2H3,(H5,27,28,29,30,31,32,33,34,35,36,39). The molecule has 0 unspecified atom stereocenters. The van der Waals surface area contributed by atoms with Gasteiger partial charge in [-0.25, -0.2) is 9.78 Å². The first kappa shape index (κ1) is 26.5. The number of fused-ring (bicyclic) bond motifs is 1. The molecular weight excluding hydrogens is 550 g/mol. The number of amides is 2. The minimum absolute atomic E-state index is 0.0145. The summed E-state index contributed by atoms with van der Waals surface area (Å²) in [6.07, 6.45) is 0. The zero-order valence-corrected chi connectivity index (χ0v) is 22.9. The van der Waals surface area contributed by atoms with Gasteiger partial charge in [-0.3, -0.25) is 10.6 Å². The smallest absolute Gasteiger partial charge is 0.326 e. The second kappa shape index (κ2) is 12.2. The molecular formula is C26H23N9O3S2. The summed E-state index contributed by atoms with van der Waals surface area (Å²) in [6, 6.07) is 21.3. The highest BCUT2D eigenvalue weighted by molar-refractivity contribution is 7.80. The molecule has 0 fully saturated rings. The zero-order chi connectivity index (χ0) is 27.9. The zero-order valence-electron chi connectivity index (χ0n) is 21.3. The number of rotatable bonds is 8. The molecule has 0 bridgehead atoms. The summed E-state index contributed by atoms with van der Waals surface area (Å²) in [5, 5.41) is 15.2. The summed E-state index contributed by atoms with van der Waals surface area (Å²) < 4.78 is 11.3. The van der Waals surface area contributed by atoms with Crippen molar-refractivity contribution in [1.82, 2.24) is 19.9 Å². The van der Waals surface area contributed by atoms with Gasteiger partial charge in [0.05, 0.1) is 24.4 Å². The lowest BCUT2D eigenvalue weighted by Gasteiger charge is -2.12. The molecule has 5 aromatic rings. The average molecular weight is 574 g/mol. The molecule has 2 heterocycles. The molecule has 40 heavy (non-hydrogen) atoms. The Morgan fingerprint density at radius 2 is 1.27 bits per heavy atom. The third-order valence-electron chi connectivity index (χ3n) is 5.29. The fraction of sp³-hybridized carbons (Fsp3) is 0.0769. The number of hydrogen-bond acceptors (Lipinski definition) is 10. The number of thiocarbonyl (C=S) groups is 1. The van der Waals surface area contributed by atoms with Crippen molar-refractivity contribution >= 4 is 79.3 Å². The molecule has 0 saturated heterocycles. The number of thiazole rings is 1. The van der Waals surface area contributed by atoms with E-state index in [1.807, 2.05) is 36.4 Å². The van der Waals surface area contributed by atoms with Gasteiger partial charge in [0, 0.05) is 11.4 Å². The SMILES string of the molecule is COc1ccc(NC(=O)Nc2nc(NC(=S)Nc3ccc(OC)cc3)nc(Nc3nc4ccccc4s3)n2)cc1. The third kappa shape index (κ3) is 6.86. The fourth-order valence-electron chi connectivity index (χ4n) is 3.44. The molecule has 2 amide bonds. The number of hydrogen-bond donors (Lipinski definition) is 5. The molecule has 14 heteroatoms. The number of para-hydroxylation sites is 1. The van der Waals surface area contributed by atoms with E-state index >= 15 is 0 Å². The van der Waals surface area contributed by atoms with Gasteiger partial charge in [0.2, 0.25) is 17.8 Å². The summed E-state index contributed by atoms with van der Waals surface area (Å²) in [5.41, 5.74) is 2.13. The number of carbonyl (C=O) groups is 1. The number of carbonyl (C=O) groups excluding carboxylic acids is 1. The predicted octanol–water partition coefficient (Wildman–Crippen LogP) is 5.70. The van der Waals surface area contributed by atoms with Gasteiger partial charge >= 0.3 is 6.03 Å². The maximum Gasteiger partial charge on any atom is 0.326 e. The Hall–Kier alpha value is -5.08. The summed E-state index contributed by atoms with van der Waals surface area (Å²) in [6.45, 7) is 0. The van der Waals surface area contributed by atoms with Crippen LogP contribution in [-0.4, -0.2) is 45.3 Å². The lowest BCUT2D eigenvalue weighted by molar-refractivity contribution is 0.262. The largest absolute Gasteiger partial charge is 0.497 e. The summed E-state index contributed by atoms with van der Waals surface area (Å²) >= 11 is 6.88. The van der Waals surface area contributed by atoms with Crippen LogP contribution in [0.5, 0.6) is 11.5 Å². The Labute approximate surface area is 238 Å². The highest BCUT2D eigenvalue weighted by atomic mass is 32.1. The highest BCUT2D eigenvalue weighted by Crippen LogP contribution is 2.27. The van der Waals surface area contributed by atoms with Gasteiger partial charge in [-0.15, -0.1) is 0 Å². The minimum Gasteiger partial charge on any atom is -0.497 e. The topological polar surface area (TPSA) is 147 Å². The van der Waals surface area contributed by atoms with Crippen LogP contribution in [0.1, 0.15) is 0 Å². The third-order valence-corrected chi connectivity index (χ3v) is 6.45. The minimum atomic E-state index is -0.549. The molecule has 2 aromatic heterocycles. The molecule has 0 aliphatic rings. The average Bonchev–Trinajstić information content (AvgIpc) is 3.36. The van der Waals surface area contributed by atoms with Crippen LogP contribution in [0.4, 0.5) is 39.1 Å². The molecule has 0 aliphatic carbocycles. The van der Waals surface area contributed by atoms with Crippen LogP contribution in [0, 0.1) is 0 Å². The van der Waals surface area contributed by atoms with Gasteiger partial charge in [0.15, 0.2) is 10.2 Å². The molecule has 3 aromatic carbocycles. The van der Waals surface area contributed by atoms with E-state index in [1.54, 1.807) is 50.6 Å². The van der Waals surface area contributed by atoms with Crippen LogP contribution >= 0.6 is 23.6 Å². The number of ether oxygens (including phenoxy) is 2. The molecule has 0 aliphatic heterocycles. The van der Waals surface area contributed by atoms with Crippen LogP contribution in [0.25, 0.3) is 10.2 Å². The van der Waals surface area contributed by atoms with Gasteiger partial charge < -0.3 is 25.4 Å². The van der Waals surface area contributed by atoms with E-state index in [0.29, 0.717) is 16.6 Å². The van der Waals surface area contributed by atoms with E-state index in [0.717, 1.165) is 21.7 Å². The van der Waals surface area contributed by atoms with Crippen molar-refractivity contribution < 1.29 is 14.3 Å². The molecule has 202 valence electrons. The maximum absolute atomic E-state index is 12.7. The maximum atomic E-state index is 12.7. The van der Waals surface area contributed by atoms with Crippen LogP contribution in [-0.2, 0) is 0 Å². The number of methoxy groups -OCH3 is 2. The number of nitrogens with zero attached hydrogens (tertiary/aromatic N) is 4. The van der Waals surface area contributed by atoms with Gasteiger partial charge in [-0.2, -0.15) is 15.0 Å². The Kier molecular flexibility index (Phi) is 8.08. The van der Waals surface area contributed by atoms with Crippen molar-refractivity contribution in [3.8, 4) is 11.5 Å². The first-order chi connectivity index (χ1) is 19.5. The number of nitrogens with one attached hydrogen (secondary N) is 5. The van der Waals surface area contributed by atoms with Crippen LogP contribution in [0.3, 0.4) is 0 Å². The van der Waals surface area contributed by atoms with Gasteiger partial charge in [-0.1, -0.05) is 23.5 Å². The van der Waals surface area contributed by atoms with E-state index in [1.165, 1.54) is 11.3 Å². The van der Waals surface area contributed by atoms with E-state index in [9.17, 15) is 4.79 Å². The highest BCUT2D eigenvalue weighted by Gasteiger charge is 2.13. The summed E-state index contributed by atoms with van der Waals surface area (Å²) in [7, 11) is 3.16. The molecule has 0 saturated carbocycles. The summed E-state index contributed by atoms with van der Waals surface area (Å²) in [5.74, 6) is 1.63. The first-order valence-electron chi connectivity index (χ1n) is 11.8. The normalized spacial score (nSPS) is 10.4. The Bertz CT molecular complexity index is 1530. The van der Waals surface area contributed by atoms with E-state index < -0.39 is 6.03 Å². The second-order valence-electron chi connectivity index (χ2n) is 8.03. The van der Waals surface area contributed by atoms with Gasteiger partial charge in [0.1, 0.15) is 11.5 Å². The second-order valence-corrected chi connectivity index (χ2v) is 9.47. The van der Waals surface area contributed by atoms with Crippen molar-refractivity contribution in [1.29, 1.82) is 0 Å². The van der Waals surface area contributed by atoms with Crippen LogP contribution in [0.2, 0.25) is 0 Å². The van der Waals surface area contributed by atoms with Crippen molar-refractivity contribution in [3.05, 3.63) is 72.8 Å². The van der Waals surface area contributed by atoms with E-state index in [4.69, 9.17) is 21.7 Å². The first-order valence-corrected chi connectivity index (χ1v) is 13.0. The molecule has 0 spiro atoms. The fourth-order valence-corrected chi connectivity index (χ4v) is 4.51. The molecule has 0 atom stereocenters. The van der Waals surface area contributed by atoms with E-state index in [-0.39, 0.29) is 23.0 Å². The monoisotopic (exact) mass is 573 g/mol. The Balaban J connectivity index is 1.34. The lowest BCUT2D eigenvalue weighted by atomic mass is 10.3. The Morgan fingerprint density at radius 3 is 1.90 bits per heavy atom. The van der Waals surface area contributed by atoms with Crippen LogP contribution < -0.4 is 36.1 Å². The number of anilines is 6. The van der Waals surface area contributed by atoms with Crippen molar-refractivity contribution in [2.24, 2.45) is 0 Å². The van der Waals surface area contributed by atoms with Crippen LogP contribution in [0.15, 0.2) is 72.8 Å². The van der Waals surface area contributed by atoms with Crippen molar-refractivity contribution in [3.63, 3.8) is 0 Å². The number of urea groups is 1. The Morgan fingerprint density at radius 1 is 0.700 bits per heavy atom. The van der Waals surface area contributed by atoms with E-state index in [2.05, 4.69) is 46.5 Å². The molecule has 5 rings (SSSR count). The number of aromatic nitrogens is 4.